The second-order valence-corrected chi connectivity index (χ2v) is 4.82. The van der Waals surface area contributed by atoms with Crippen LogP contribution in [0.4, 0.5) is 0 Å². The SMILES string of the molecule is COc1cc(/C=C2/C(=O)NC(=O)c3ccccc32)ccc1O. The number of benzene rings is 2. The van der Waals surface area contributed by atoms with Gasteiger partial charge in [0.25, 0.3) is 11.8 Å². The van der Waals surface area contributed by atoms with E-state index in [9.17, 15) is 14.7 Å². The van der Waals surface area contributed by atoms with Crippen molar-refractivity contribution in [3.63, 3.8) is 0 Å². The third-order valence-electron chi connectivity index (χ3n) is 3.45. The van der Waals surface area contributed by atoms with Crippen LogP contribution in [0.15, 0.2) is 42.5 Å². The van der Waals surface area contributed by atoms with Crippen molar-refractivity contribution in [1.82, 2.24) is 5.32 Å². The normalized spacial score (nSPS) is 15.4. The molecule has 0 radical (unpaired) electrons. The molecule has 3 rings (SSSR count). The number of hydrogen-bond acceptors (Lipinski definition) is 4. The standard InChI is InChI=1S/C17H13NO4/c1-22-15-9-10(6-7-14(15)19)8-13-11-4-2-3-5-12(11)16(20)18-17(13)21/h2-9,19H,1H3,(H,18,20,21)/b13-8+. The Labute approximate surface area is 126 Å². The quantitative estimate of drug-likeness (QED) is 0.658. The minimum Gasteiger partial charge on any atom is -0.504 e. The molecule has 5 nitrogen and oxygen atoms in total. The summed E-state index contributed by atoms with van der Waals surface area (Å²) >= 11 is 0. The molecule has 0 aliphatic carbocycles. The summed E-state index contributed by atoms with van der Waals surface area (Å²) in [7, 11) is 1.45. The van der Waals surface area contributed by atoms with E-state index in [1.165, 1.54) is 13.2 Å². The Morgan fingerprint density at radius 1 is 1.05 bits per heavy atom. The number of hydrogen-bond donors (Lipinski definition) is 2. The summed E-state index contributed by atoms with van der Waals surface area (Å²) in [4.78, 5) is 23.9. The topological polar surface area (TPSA) is 75.6 Å². The molecule has 0 bridgehead atoms. The van der Waals surface area contributed by atoms with E-state index in [0.717, 1.165) is 0 Å². The molecule has 1 aliphatic rings. The molecule has 110 valence electrons. The van der Waals surface area contributed by atoms with Gasteiger partial charge in [-0.2, -0.15) is 0 Å². The molecule has 0 aromatic heterocycles. The summed E-state index contributed by atoms with van der Waals surface area (Å²) < 4.78 is 5.05. The van der Waals surface area contributed by atoms with Crippen LogP contribution in [-0.2, 0) is 4.79 Å². The maximum atomic E-state index is 12.1. The van der Waals surface area contributed by atoms with Crippen LogP contribution in [0.3, 0.4) is 0 Å². The number of carbonyl (C=O) groups is 2. The maximum absolute atomic E-state index is 12.1. The van der Waals surface area contributed by atoms with Gasteiger partial charge in [-0.15, -0.1) is 0 Å². The molecule has 0 atom stereocenters. The number of rotatable bonds is 2. The number of nitrogens with one attached hydrogen (secondary N) is 1. The highest BCUT2D eigenvalue weighted by atomic mass is 16.5. The minimum atomic E-state index is -0.448. The summed E-state index contributed by atoms with van der Waals surface area (Å²) in [6.07, 6.45) is 1.66. The molecule has 2 aromatic rings. The van der Waals surface area contributed by atoms with Crippen molar-refractivity contribution in [2.24, 2.45) is 0 Å². The maximum Gasteiger partial charge on any atom is 0.258 e. The van der Waals surface area contributed by atoms with Crippen LogP contribution in [0.5, 0.6) is 11.5 Å². The molecule has 2 aromatic carbocycles. The predicted molar refractivity (Wildman–Crippen MR) is 81.4 cm³/mol. The Kier molecular flexibility index (Phi) is 3.39. The second-order valence-electron chi connectivity index (χ2n) is 4.82. The summed E-state index contributed by atoms with van der Waals surface area (Å²) in [5.74, 6) is -0.514. The Morgan fingerprint density at radius 2 is 1.77 bits per heavy atom. The number of phenolic OH excluding ortho intramolecular Hbond substituents is 1. The third kappa shape index (κ3) is 2.33. The Morgan fingerprint density at radius 3 is 2.50 bits per heavy atom. The lowest BCUT2D eigenvalue weighted by molar-refractivity contribution is -0.114. The van der Waals surface area contributed by atoms with Gasteiger partial charge in [0.2, 0.25) is 0 Å². The van der Waals surface area contributed by atoms with Crippen LogP contribution in [0.2, 0.25) is 0 Å². The predicted octanol–water partition coefficient (Wildman–Crippen LogP) is 2.21. The third-order valence-corrected chi connectivity index (χ3v) is 3.45. The van der Waals surface area contributed by atoms with Crippen molar-refractivity contribution < 1.29 is 19.4 Å². The summed E-state index contributed by atoms with van der Waals surface area (Å²) in [5, 5.41) is 11.9. The lowest BCUT2D eigenvalue weighted by Crippen LogP contribution is -2.36. The van der Waals surface area contributed by atoms with Gasteiger partial charge in [0.1, 0.15) is 0 Å². The number of aromatic hydroxyl groups is 1. The summed E-state index contributed by atoms with van der Waals surface area (Å²) in [6, 6.07) is 11.7. The number of carbonyl (C=O) groups excluding carboxylic acids is 2. The van der Waals surface area contributed by atoms with Crippen LogP contribution < -0.4 is 10.1 Å². The van der Waals surface area contributed by atoms with Gasteiger partial charge < -0.3 is 9.84 Å². The highest BCUT2D eigenvalue weighted by Gasteiger charge is 2.26. The zero-order valence-electron chi connectivity index (χ0n) is 11.8. The Bertz CT molecular complexity index is 808. The molecule has 5 heteroatoms. The average Bonchev–Trinajstić information content (AvgIpc) is 2.53. The summed E-state index contributed by atoms with van der Waals surface area (Å²) in [6.45, 7) is 0. The first kappa shape index (κ1) is 13.9. The highest BCUT2D eigenvalue weighted by molar-refractivity contribution is 6.33. The smallest absolute Gasteiger partial charge is 0.258 e. The van der Waals surface area contributed by atoms with E-state index in [4.69, 9.17) is 4.74 Å². The van der Waals surface area contributed by atoms with E-state index >= 15 is 0 Å². The van der Waals surface area contributed by atoms with Crippen LogP contribution in [0.25, 0.3) is 11.6 Å². The van der Waals surface area contributed by atoms with Crippen molar-refractivity contribution >= 4 is 23.5 Å². The highest BCUT2D eigenvalue weighted by Crippen LogP contribution is 2.30. The van der Waals surface area contributed by atoms with Gasteiger partial charge in [-0.1, -0.05) is 24.3 Å². The lowest BCUT2D eigenvalue weighted by atomic mass is 9.93. The number of ether oxygens (including phenoxy) is 1. The minimum absolute atomic E-state index is 0.0216. The molecule has 0 saturated carbocycles. The van der Waals surface area contributed by atoms with E-state index in [-0.39, 0.29) is 5.75 Å². The van der Waals surface area contributed by atoms with Crippen LogP contribution in [-0.4, -0.2) is 24.0 Å². The van der Waals surface area contributed by atoms with Crippen molar-refractivity contribution in [3.05, 3.63) is 59.2 Å². The first-order chi connectivity index (χ1) is 10.6. The largest absolute Gasteiger partial charge is 0.504 e. The molecule has 2 amide bonds. The van der Waals surface area contributed by atoms with Crippen molar-refractivity contribution in [3.8, 4) is 11.5 Å². The number of methoxy groups -OCH3 is 1. The molecule has 1 aliphatic heterocycles. The van der Waals surface area contributed by atoms with E-state index in [0.29, 0.717) is 28.0 Å². The van der Waals surface area contributed by atoms with Gasteiger partial charge in [-0.25, -0.2) is 0 Å². The van der Waals surface area contributed by atoms with Gasteiger partial charge in [-0.3, -0.25) is 14.9 Å². The monoisotopic (exact) mass is 295 g/mol. The molecular formula is C17H13NO4. The van der Waals surface area contributed by atoms with Gasteiger partial charge >= 0.3 is 0 Å². The van der Waals surface area contributed by atoms with E-state index in [2.05, 4.69) is 5.32 Å². The molecule has 2 N–H and O–H groups in total. The fourth-order valence-electron chi connectivity index (χ4n) is 2.37. The zero-order valence-corrected chi connectivity index (χ0v) is 11.8. The Balaban J connectivity index is 2.13. The van der Waals surface area contributed by atoms with E-state index in [1.54, 1.807) is 42.5 Å². The zero-order chi connectivity index (χ0) is 15.7. The van der Waals surface area contributed by atoms with Crippen molar-refractivity contribution in [2.45, 2.75) is 0 Å². The molecule has 0 fully saturated rings. The summed E-state index contributed by atoms with van der Waals surface area (Å²) in [5.41, 5.74) is 2.12. The molecule has 0 spiro atoms. The van der Waals surface area contributed by atoms with Gasteiger partial charge in [-0.05, 0) is 35.4 Å². The number of amides is 2. The average molecular weight is 295 g/mol. The van der Waals surface area contributed by atoms with Crippen LogP contribution >= 0.6 is 0 Å². The van der Waals surface area contributed by atoms with Crippen molar-refractivity contribution in [2.75, 3.05) is 7.11 Å². The molecule has 1 heterocycles. The van der Waals surface area contributed by atoms with Gasteiger partial charge in [0.05, 0.1) is 7.11 Å². The first-order valence-electron chi connectivity index (χ1n) is 6.64. The number of phenols is 1. The fourth-order valence-corrected chi connectivity index (χ4v) is 2.37. The van der Waals surface area contributed by atoms with E-state index in [1.807, 2.05) is 0 Å². The first-order valence-corrected chi connectivity index (χ1v) is 6.64. The molecule has 22 heavy (non-hydrogen) atoms. The van der Waals surface area contributed by atoms with Gasteiger partial charge in [0.15, 0.2) is 11.5 Å². The molecular weight excluding hydrogens is 282 g/mol. The Hall–Kier alpha value is -3.08. The number of imide groups is 1. The van der Waals surface area contributed by atoms with Gasteiger partial charge in [0, 0.05) is 11.1 Å². The fraction of sp³-hybridized carbons (Fsp3) is 0.0588. The van der Waals surface area contributed by atoms with Crippen molar-refractivity contribution in [1.29, 1.82) is 0 Å². The molecule has 0 unspecified atom stereocenters. The van der Waals surface area contributed by atoms with Crippen LogP contribution in [0.1, 0.15) is 21.5 Å². The van der Waals surface area contributed by atoms with Crippen LogP contribution in [0, 0.1) is 0 Å². The number of fused-ring (bicyclic) bond motifs is 1. The lowest BCUT2D eigenvalue weighted by Gasteiger charge is -2.18. The van der Waals surface area contributed by atoms with E-state index < -0.39 is 11.8 Å². The molecule has 0 saturated heterocycles. The second kappa shape index (κ2) is 5.37.